The maximum atomic E-state index is 15.3. The molecule has 5 atom stereocenters. The van der Waals surface area contributed by atoms with Crippen molar-refractivity contribution in [3.63, 3.8) is 0 Å². The van der Waals surface area contributed by atoms with Gasteiger partial charge in [0, 0.05) is 43.1 Å². The molecule has 7 nitrogen and oxygen atoms in total. The van der Waals surface area contributed by atoms with E-state index in [-0.39, 0.29) is 23.4 Å². The molecule has 6 aliphatic rings. The Morgan fingerprint density at radius 1 is 1.31 bits per heavy atom. The second-order valence-corrected chi connectivity index (χ2v) is 9.02. The minimum Gasteiger partial charge on any atom is -0.474 e. The smallest absolute Gasteiger partial charge is 0.474 e. The monoisotopic (exact) mass is 436 g/mol. The fourth-order valence-electron chi connectivity index (χ4n) is 5.88. The number of amides is 1. The number of carbonyl (C=O) groups is 2. The van der Waals surface area contributed by atoms with Crippen LogP contribution in [0.15, 0.2) is 82.9 Å². The predicted octanol–water partition coefficient (Wildman–Crippen LogP) is 2.78. The SMILES string of the molecule is NC1CCN(C2=C3OC4C5=C(C=C6C=CC=CC64)CC=C[N+]5(C(=O)O)C3C(=O)C=C2F)C1. The van der Waals surface area contributed by atoms with Crippen LogP contribution in [0, 0.1) is 5.92 Å². The van der Waals surface area contributed by atoms with Crippen LogP contribution in [0.2, 0.25) is 0 Å². The second kappa shape index (κ2) is 6.63. The van der Waals surface area contributed by atoms with Gasteiger partial charge >= 0.3 is 6.09 Å². The van der Waals surface area contributed by atoms with E-state index in [9.17, 15) is 14.7 Å². The van der Waals surface area contributed by atoms with Crippen molar-refractivity contribution < 1.29 is 28.3 Å². The number of nitrogens with two attached hydrogens (primary N) is 1. The first kappa shape index (κ1) is 19.5. The molecule has 0 saturated carbocycles. The average Bonchev–Trinajstić information content (AvgIpc) is 3.19. The molecule has 0 spiro atoms. The number of likely N-dealkylation sites (tertiary alicyclic amines) is 1. The molecule has 3 N–H and O–H groups in total. The number of hydrogen-bond acceptors (Lipinski definition) is 5. The zero-order chi connectivity index (χ0) is 22.2. The van der Waals surface area contributed by atoms with Gasteiger partial charge in [-0.1, -0.05) is 24.3 Å². The van der Waals surface area contributed by atoms with Crippen molar-refractivity contribution >= 4 is 11.9 Å². The van der Waals surface area contributed by atoms with Gasteiger partial charge in [-0.25, -0.2) is 4.39 Å². The fourth-order valence-corrected chi connectivity index (χ4v) is 5.88. The third kappa shape index (κ3) is 2.42. The Balaban J connectivity index is 1.62. The lowest BCUT2D eigenvalue weighted by Gasteiger charge is -2.50. The number of carbonyl (C=O) groups excluding carboxylic acids is 1. The van der Waals surface area contributed by atoms with Gasteiger partial charge in [0.05, 0.1) is 0 Å². The van der Waals surface area contributed by atoms with Gasteiger partial charge in [0.15, 0.2) is 23.4 Å². The van der Waals surface area contributed by atoms with Crippen molar-refractivity contribution in [2.45, 2.75) is 31.0 Å². The van der Waals surface area contributed by atoms with Crippen molar-refractivity contribution in [1.29, 1.82) is 0 Å². The van der Waals surface area contributed by atoms with Gasteiger partial charge in [0.1, 0.15) is 11.9 Å². The summed E-state index contributed by atoms with van der Waals surface area (Å²) >= 11 is 0. The molecule has 6 rings (SSSR count). The quantitative estimate of drug-likeness (QED) is 0.614. The van der Waals surface area contributed by atoms with Crippen LogP contribution in [0.5, 0.6) is 0 Å². The summed E-state index contributed by atoms with van der Waals surface area (Å²) in [6, 6.07) is -1.33. The van der Waals surface area contributed by atoms with E-state index in [0.717, 1.165) is 17.2 Å². The average molecular weight is 436 g/mol. The Hall–Kier alpha value is -3.23. The minimum atomic E-state index is -1.21. The number of ether oxygens (including phenoxy) is 1. The highest BCUT2D eigenvalue weighted by atomic mass is 19.1. The van der Waals surface area contributed by atoms with E-state index in [1.165, 1.54) is 0 Å². The standard InChI is InChI=1S/C24H22FN3O4/c25-17-11-18(29)21-23(19(17)27-8-7-15(26)12-27)32-22-16-6-2-1-4-13(16)10-14-5-3-9-28(21,20(14)22)24(30)31/h1-4,6,9-11,15-16,21-22H,5,7-8,12,26H2/p+1. The van der Waals surface area contributed by atoms with Gasteiger partial charge in [-0.2, -0.15) is 4.79 Å². The van der Waals surface area contributed by atoms with Gasteiger partial charge in [-0.3, -0.25) is 4.79 Å². The molecule has 3 heterocycles. The molecule has 0 aromatic rings. The van der Waals surface area contributed by atoms with Crippen LogP contribution in [0.4, 0.5) is 9.18 Å². The van der Waals surface area contributed by atoms with Crippen molar-refractivity contribution in [3.05, 3.63) is 82.9 Å². The molecule has 2 saturated heterocycles. The lowest BCUT2D eigenvalue weighted by molar-refractivity contribution is -0.793. The van der Waals surface area contributed by atoms with E-state index in [2.05, 4.69) is 0 Å². The van der Waals surface area contributed by atoms with Crippen LogP contribution in [-0.2, 0) is 9.53 Å². The molecule has 1 amide bonds. The Morgan fingerprint density at radius 3 is 2.91 bits per heavy atom. The maximum absolute atomic E-state index is 15.3. The van der Waals surface area contributed by atoms with Crippen LogP contribution in [-0.4, -0.2) is 57.6 Å². The molecule has 8 heteroatoms. The van der Waals surface area contributed by atoms with Crippen molar-refractivity contribution in [1.82, 2.24) is 4.90 Å². The zero-order valence-electron chi connectivity index (χ0n) is 17.3. The van der Waals surface area contributed by atoms with Crippen molar-refractivity contribution in [2.75, 3.05) is 13.1 Å². The lowest BCUT2D eigenvalue weighted by atomic mass is 9.76. The van der Waals surface area contributed by atoms with Gasteiger partial charge in [-0.15, -0.1) is 4.48 Å². The van der Waals surface area contributed by atoms with E-state index >= 15 is 4.39 Å². The molecular weight excluding hydrogens is 413 g/mol. The number of ketones is 1. The Kier molecular flexibility index (Phi) is 4.03. The minimum absolute atomic E-state index is 0.0929. The van der Waals surface area contributed by atoms with Crippen molar-refractivity contribution in [2.24, 2.45) is 11.7 Å². The molecule has 3 aliphatic heterocycles. The Morgan fingerprint density at radius 2 is 2.16 bits per heavy atom. The fraction of sp³-hybridized carbons (Fsp3) is 0.333. The first-order chi connectivity index (χ1) is 15.4. The summed E-state index contributed by atoms with van der Waals surface area (Å²) in [4.78, 5) is 27.9. The normalized spacial score (nSPS) is 36.9. The number of nitrogens with zero attached hydrogens (tertiary/aromatic N) is 2. The van der Waals surface area contributed by atoms with Crippen LogP contribution < -0.4 is 5.73 Å². The summed E-state index contributed by atoms with van der Waals surface area (Å²) in [6.07, 6.45) is 13.4. The summed E-state index contributed by atoms with van der Waals surface area (Å²) in [6.45, 7) is 0.938. The zero-order valence-corrected chi connectivity index (χ0v) is 17.3. The van der Waals surface area contributed by atoms with Crippen LogP contribution in [0.3, 0.4) is 0 Å². The summed E-state index contributed by atoms with van der Waals surface area (Å²) in [5.41, 5.74) is 8.61. The number of hydrogen-bond donors (Lipinski definition) is 2. The van der Waals surface area contributed by atoms with E-state index in [1.54, 1.807) is 17.2 Å². The highest BCUT2D eigenvalue weighted by Gasteiger charge is 2.65. The van der Waals surface area contributed by atoms with Gasteiger partial charge in [0.25, 0.3) is 0 Å². The lowest BCUT2D eigenvalue weighted by Crippen LogP contribution is -2.66. The molecule has 0 aromatic heterocycles. The number of quaternary nitrogens is 1. The number of rotatable bonds is 1. The topological polar surface area (TPSA) is 92.9 Å². The third-order valence-corrected chi connectivity index (χ3v) is 7.21. The molecule has 3 aliphatic carbocycles. The number of morpholine rings is 1. The van der Waals surface area contributed by atoms with Gasteiger partial charge in [-0.05, 0) is 24.1 Å². The van der Waals surface area contributed by atoms with E-state index in [1.807, 2.05) is 30.4 Å². The number of allylic oxidation sites excluding steroid dienone is 7. The molecule has 5 unspecified atom stereocenters. The molecule has 2 fully saturated rings. The number of carboxylic acid groups (broad SMARTS) is 1. The van der Waals surface area contributed by atoms with Gasteiger partial charge in [0.2, 0.25) is 11.8 Å². The maximum Gasteiger partial charge on any atom is 0.524 e. The second-order valence-electron chi connectivity index (χ2n) is 9.02. The van der Waals surface area contributed by atoms with Crippen LogP contribution in [0.25, 0.3) is 0 Å². The van der Waals surface area contributed by atoms with Crippen LogP contribution >= 0.6 is 0 Å². The molecule has 164 valence electrons. The molecule has 0 aromatic carbocycles. The van der Waals surface area contributed by atoms with Crippen LogP contribution in [0.1, 0.15) is 12.8 Å². The first-order valence-electron chi connectivity index (χ1n) is 10.8. The largest absolute Gasteiger partial charge is 0.524 e. The van der Waals surface area contributed by atoms with E-state index in [0.29, 0.717) is 31.6 Å². The summed E-state index contributed by atoms with van der Waals surface area (Å²) in [7, 11) is 0. The summed E-state index contributed by atoms with van der Waals surface area (Å²) < 4.78 is 21.0. The molecular formula is C24H23FN3O4+. The van der Waals surface area contributed by atoms with Gasteiger partial charge < -0.3 is 20.5 Å². The first-order valence-corrected chi connectivity index (χ1v) is 10.8. The van der Waals surface area contributed by atoms with Crippen molar-refractivity contribution in [3.8, 4) is 0 Å². The summed E-state index contributed by atoms with van der Waals surface area (Å²) in [5.74, 6) is -1.44. The summed E-state index contributed by atoms with van der Waals surface area (Å²) in [5, 5.41) is 10.5. The molecule has 0 radical (unpaired) electrons. The predicted molar refractivity (Wildman–Crippen MR) is 113 cm³/mol. The third-order valence-electron chi connectivity index (χ3n) is 7.21. The van der Waals surface area contributed by atoms with E-state index in [4.69, 9.17) is 10.5 Å². The Labute approximate surface area is 184 Å². The van der Waals surface area contributed by atoms with E-state index < -0.39 is 34.3 Å². The molecule has 32 heavy (non-hydrogen) atoms. The highest BCUT2D eigenvalue weighted by molar-refractivity contribution is 5.99. The highest BCUT2D eigenvalue weighted by Crippen LogP contribution is 2.52. The number of fused-ring (bicyclic) bond motifs is 4. The Bertz CT molecular complexity index is 1170. The molecule has 0 bridgehead atoms. The number of halogens is 1.